The SMILES string of the molecule is CCCS(=O)(=O)N1CCCN(CCN)CC1. The molecule has 2 N–H and O–H groups in total. The van der Waals surface area contributed by atoms with Gasteiger partial charge in [0.15, 0.2) is 0 Å². The van der Waals surface area contributed by atoms with Crippen molar-refractivity contribution in [3.63, 3.8) is 0 Å². The van der Waals surface area contributed by atoms with Gasteiger partial charge in [0.2, 0.25) is 10.0 Å². The summed E-state index contributed by atoms with van der Waals surface area (Å²) >= 11 is 0. The standard InChI is InChI=1S/C10H23N3O2S/c1-2-10-16(14,15)13-6-3-5-12(7-4-11)8-9-13/h2-11H2,1H3. The number of nitrogens with two attached hydrogens (primary N) is 1. The van der Waals surface area contributed by atoms with Gasteiger partial charge in [0.25, 0.3) is 0 Å². The van der Waals surface area contributed by atoms with Gasteiger partial charge in [-0.2, -0.15) is 0 Å². The Kier molecular flexibility index (Phi) is 5.68. The predicted octanol–water partition coefficient (Wildman–Crippen LogP) is -0.307. The molecule has 1 aliphatic rings. The van der Waals surface area contributed by atoms with Crippen LogP contribution in [0.5, 0.6) is 0 Å². The van der Waals surface area contributed by atoms with Gasteiger partial charge in [-0.25, -0.2) is 12.7 Å². The Morgan fingerprint density at radius 2 is 1.94 bits per heavy atom. The number of rotatable bonds is 5. The van der Waals surface area contributed by atoms with Gasteiger partial charge in [0.05, 0.1) is 5.75 Å². The lowest BCUT2D eigenvalue weighted by molar-refractivity contribution is 0.294. The molecular weight excluding hydrogens is 226 g/mol. The molecular formula is C10H23N3O2S. The summed E-state index contributed by atoms with van der Waals surface area (Å²) in [6, 6.07) is 0. The molecule has 0 bridgehead atoms. The minimum atomic E-state index is -3.02. The van der Waals surface area contributed by atoms with Gasteiger partial charge < -0.3 is 10.6 Å². The van der Waals surface area contributed by atoms with Crippen LogP contribution in [0, 0.1) is 0 Å². The highest BCUT2D eigenvalue weighted by Gasteiger charge is 2.23. The molecule has 0 unspecified atom stereocenters. The van der Waals surface area contributed by atoms with Crippen molar-refractivity contribution < 1.29 is 8.42 Å². The Hall–Kier alpha value is -0.170. The van der Waals surface area contributed by atoms with Crippen LogP contribution in [0.3, 0.4) is 0 Å². The van der Waals surface area contributed by atoms with Gasteiger partial charge in [-0.1, -0.05) is 6.92 Å². The third-order valence-corrected chi connectivity index (χ3v) is 4.92. The average molecular weight is 249 g/mol. The second-order valence-corrected chi connectivity index (χ2v) is 6.29. The first-order chi connectivity index (χ1) is 7.60. The lowest BCUT2D eigenvalue weighted by Gasteiger charge is -2.20. The molecule has 0 atom stereocenters. The fourth-order valence-corrected chi connectivity index (χ4v) is 3.56. The minimum absolute atomic E-state index is 0.268. The Balaban J connectivity index is 2.53. The first-order valence-corrected chi connectivity index (χ1v) is 7.61. The highest BCUT2D eigenvalue weighted by Crippen LogP contribution is 2.09. The van der Waals surface area contributed by atoms with E-state index in [-0.39, 0.29) is 5.75 Å². The van der Waals surface area contributed by atoms with Gasteiger partial charge >= 0.3 is 0 Å². The van der Waals surface area contributed by atoms with Crippen LogP contribution >= 0.6 is 0 Å². The van der Waals surface area contributed by atoms with E-state index in [4.69, 9.17) is 5.73 Å². The van der Waals surface area contributed by atoms with E-state index in [9.17, 15) is 8.42 Å². The summed E-state index contributed by atoms with van der Waals surface area (Å²) in [4.78, 5) is 2.24. The quantitative estimate of drug-likeness (QED) is 0.726. The Bertz CT molecular complexity index is 292. The summed E-state index contributed by atoms with van der Waals surface area (Å²) in [6.07, 6.45) is 1.59. The topological polar surface area (TPSA) is 66.6 Å². The fraction of sp³-hybridized carbons (Fsp3) is 1.00. The van der Waals surface area contributed by atoms with Crippen LogP contribution in [0.15, 0.2) is 0 Å². The van der Waals surface area contributed by atoms with E-state index >= 15 is 0 Å². The maximum absolute atomic E-state index is 11.9. The Morgan fingerprint density at radius 3 is 2.56 bits per heavy atom. The number of hydrogen-bond donors (Lipinski definition) is 1. The molecule has 0 radical (unpaired) electrons. The van der Waals surface area contributed by atoms with Crippen molar-refractivity contribution in [2.45, 2.75) is 19.8 Å². The minimum Gasteiger partial charge on any atom is -0.329 e. The highest BCUT2D eigenvalue weighted by atomic mass is 32.2. The largest absolute Gasteiger partial charge is 0.329 e. The summed E-state index contributed by atoms with van der Waals surface area (Å²) in [6.45, 7) is 6.43. The van der Waals surface area contributed by atoms with Gasteiger partial charge in [-0.3, -0.25) is 0 Å². The van der Waals surface area contributed by atoms with Crippen LogP contribution in [0.1, 0.15) is 19.8 Å². The summed E-state index contributed by atoms with van der Waals surface area (Å²) < 4.78 is 25.4. The van der Waals surface area contributed by atoms with Crippen LogP contribution in [-0.2, 0) is 10.0 Å². The van der Waals surface area contributed by atoms with E-state index in [0.29, 0.717) is 26.1 Å². The highest BCUT2D eigenvalue weighted by molar-refractivity contribution is 7.89. The van der Waals surface area contributed by atoms with Crippen molar-refractivity contribution in [2.75, 3.05) is 45.0 Å². The molecule has 1 rings (SSSR count). The third-order valence-electron chi connectivity index (χ3n) is 2.85. The molecule has 0 spiro atoms. The summed E-state index contributed by atoms with van der Waals surface area (Å²) in [5.74, 6) is 0.268. The van der Waals surface area contributed by atoms with Crippen molar-refractivity contribution in [2.24, 2.45) is 5.73 Å². The molecule has 0 saturated carbocycles. The Morgan fingerprint density at radius 1 is 1.19 bits per heavy atom. The lowest BCUT2D eigenvalue weighted by Crippen LogP contribution is -2.37. The zero-order valence-electron chi connectivity index (χ0n) is 10.1. The van der Waals surface area contributed by atoms with E-state index in [1.54, 1.807) is 4.31 Å². The monoisotopic (exact) mass is 249 g/mol. The zero-order chi connectivity index (χ0) is 12.0. The molecule has 0 aromatic rings. The Labute approximate surface area is 98.6 Å². The van der Waals surface area contributed by atoms with Crippen LogP contribution in [-0.4, -0.2) is 62.6 Å². The lowest BCUT2D eigenvalue weighted by atomic mass is 10.4. The molecule has 1 fully saturated rings. The van der Waals surface area contributed by atoms with E-state index in [1.807, 2.05) is 6.92 Å². The maximum atomic E-state index is 11.9. The molecule has 0 amide bonds. The third kappa shape index (κ3) is 4.01. The molecule has 0 aromatic carbocycles. The summed E-state index contributed by atoms with van der Waals surface area (Å²) in [5.41, 5.74) is 5.50. The van der Waals surface area contributed by atoms with Crippen molar-refractivity contribution in [1.82, 2.24) is 9.21 Å². The van der Waals surface area contributed by atoms with Crippen molar-refractivity contribution in [3.8, 4) is 0 Å². The molecule has 5 nitrogen and oxygen atoms in total. The van der Waals surface area contributed by atoms with Gasteiger partial charge in [0, 0.05) is 32.7 Å². The maximum Gasteiger partial charge on any atom is 0.214 e. The molecule has 1 heterocycles. The fourth-order valence-electron chi connectivity index (χ4n) is 2.02. The molecule has 1 saturated heterocycles. The van der Waals surface area contributed by atoms with Crippen molar-refractivity contribution >= 4 is 10.0 Å². The summed E-state index contributed by atoms with van der Waals surface area (Å²) in [5, 5.41) is 0. The van der Waals surface area contributed by atoms with Crippen molar-refractivity contribution in [3.05, 3.63) is 0 Å². The molecule has 6 heteroatoms. The second kappa shape index (κ2) is 6.54. The van der Waals surface area contributed by atoms with Crippen molar-refractivity contribution in [1.29, 1.82) is 0 Å². The second-order valence-electron chi connectivity index (χ2n) is 4.20. The molecule has 0 aromatic heterocycles. The normalized spacial score (nSPS) is 20.9. The van der Waals surface area contributed by atoms with Crippen LogP contribution in [0.4, 0.5) is 0 Å². The number of nitrogens with zero attached hydrogens (tertiary/aromatic N) is 2. The van der Waals surface area contributed by atoms with Gasteiger partial charge in [-0.15, -0.1) is 0 Å². The van der Waals surface area contributed by atoms with E-state index in [0.717, 1.165) is 26.1 Å². The number of hydrogen-bond acceptors (Lipinski definition) is 4. The smallest absolute Gasteiger partial charge is 0.214 e. The van der Waals surface area contributed by atoms with E-state index in [2.05, 4.69) is 4.90 Å². The first kappa shape index (κ1) is 13.9. The molecule has 16 heavy (non-hydrogen) atoms. The molecule has 1 aliphatic heterocycles. The van der Waals surface area contributed by atoms with Gasteiger partial charge in [0.1, 0.15) is 0 Å². The molecule has 96 valence electrons. The first-order valence-electron chi connectivity index (χ1n) is 6.00. The summed E-state index contributed by atoms with van der Waals surface area (Å²) in [7, 11) is -3.02. The average Bonchev–Trinajstić information content (AvgIpc) is 2.44. The van der Waals surface area contributed by atoms with Crippen LogP contribution in [0.2, 0.25) is 0 Å². The van der Waals surface area contributed by atoms with E-state index < -0.39 is 10.0 Å². The van der Waals surface area contributed by atoms with E-state index in [1.165, 1.54) is 0 Å². The number of sulfonamides is 1. The zero-order valence-corrected chi connectivity index (χ0v) is 10.9. The van der Waals surface area contributed by atoms with Crippen LogP contribution < -0.4 is 5.73 Å². The molecule has 0 aliphatic carbocycles. The van der Waals surface area contributed by atoms with Gasteiger partial charge in [-0.05, 0) is 19.4 Å². The van der Waals surface area contributed by atoms with Crippen LogP contribution in [0.25, 0.3) is 0 Å². The predicted molar refractivity (Wildman–Crippen MR) is 65.8 cm³/mol.